The summed E-state index contributed by atoms with van der Waals surface area (Å²) in [6.07, 6.45) is 1.26. The molecule has 0 bridgehead atoms. The Bertz CT molecular complexity index is 459. The van der Waals surface area contributed by atoms with E-state index >= 15 is 0 Å². The van der Waals surface area contributed by atoms with Crippen LogP contribution in [0.1, 0.15) is 39.7 Å². The lowest BCUT2D eigenvalue weighted by Crippen LogP contribution is -2.39. The first kappa shape index (κ1) is 16.6. The molecule has 1 aromatic rings. The van der Waals surface area contributed by atoms with Crippen LogP contribution in [0.3, 0.4) is 0 Å². The first-order valence-electron chi connectivity index (χ1n) is 8.22. The molecule has 0 spiro atoms. The molecular formula is C18H29ClN2. The van der Waals surface area contributed by atoms with Gasteiger partial charge in [0.05, 0.1) is 10.7 Å². The Morgan fingerprint density at radius 2 is 2.05 bits per heavy atom. The molecule has 0 aromatic heterocycles. The van der Waals surface area contributed by atoms with Crippen molar-refractivity contribution >= 4 is 17.3 Å². The van der Waals surface area contributed by atoms with E-state index in [-0.39, 0.29) is 0 Å². The largest absolute Gasteiger partial charge is 0.370 e. The molecule has 3 heteroatoms. The number of nitrogens with zero attached hydrogens (tertiary/aromatic N) is 1. The van der Waals surface area contributed by atoms with Crippen molar-refractivity contribution in [2.24, 2.45) is 17.8 Å². The summed E-state index contributed by atoms with van der Waals surface area (Å²) in [5.41, 5.74) is 2.57. The number of benzene rings is 1. The number of nitrogens with one attached hydrogen (secondary N) is 1. The van der Waals surface area contributed by atoms with Gasteiger partial charge in [0.2, 0.25) is 0 Å². The van der Waals surface area contributed by atoms with Gasteiger partial charge in [-0.2, -0.15) is 0 Å². The molecule has 1 N–H and O–H groups in total. The van der Waals surface area contributed by atoms with Gasteiger partial charge in [-0.05, 0) is 42.3 Å². The molecule has 2 rings (SSSR count). The Hall–Kier alpha value is -0.730. The first-order chi connectivity index (χ1) is 9.99. The number of para-hydroxylation sites is 1. The molecule has 1 aromatic carbocycles. The first-order valence-corrected chi connectivity index (χ1v) is 8.60. The maximum absolute atomic E-state index is 6.52. The van der Waals surface area contributed by atoms with Crippen LogP contribution in [0.15, 0.2) is 18.2 Å². The third-order valence-electron chi connectivity index (χ3n) is 4.59. The second kappa shape index (κ2) is 7.51. The quantitative estimate of drug-likeness (QED) is 0.857. The lowest BCUT2D eigenvalue weighted by molar-refractivity contribution is 0.323. The predicted molar refractivity (Wildman–Crippen MR) is 93.2 cm³/mol. The molecule has 0 amide bonds. The van der Waals surface area contributed by atoms with Crippen molar-refractivity contribution in [1.82, 2.24) is 5.32 Å². The van der Waals surface area contributed by atoms with Gasteiger partial charge in [0.25, 0.3) is 0 Å². The third kappa shape index (κ3) is 4.37. The molecule has 1 saturated heterocycles. The van der Waals surface area contributed by atoms with E-state index in [9.17, 15) is 0 Å². The van der Waals surface area contributed by atoms with Crippen molar-refractivity contribution in [2.75, 3.05) is 24.5 Å². The average Bonchev–Trinajstić information content (AvgIpc) is 2.42. The summed E-state index contributed by atoms with van der Waals surface area (Å²) in [6, 6.07) is 6.29. The molecule has 21 heavy (non-hydrogen) atoms. The minimum Gasteiger partial charge on any atom is -0.370 e. The minimum atomic E-state index is 0.670. The molecule has 0 radical (unpaired) electrons. The number of hydrogen-bond donors (Lipinski definition) is 1. The fourth-order valence-corrected chi connectivity index (χ4v) is 3.33. The van der Waals surface area contributed by atoms with Gasteiger partial charge < -0.3 is 10.2 Å². The topological polar surface area (TPSA) is 15.3 Å². The second-order valence-corrected chi connectivity index (χ2v) is 7.37. The lowest BCUT2D eigenvalue weighted by atomic mass is 9.88. The van der Waals surface area contributed by atoms with Gasteiger partial charge in [0.1, 0.15) is 0 Å². The van der Waals surface area contributed by atoms with E-state index in [0.29, 0.717) is 5.92 Å². The van der Waals surface area contributed by atoms with Crippen molar-refractivity contribution in [2.45, 2.75) is 40.7 Å². The molecule has 0 saturated carbocycles. The van der Waals surface area contributed by atoms with E-state index in [1.807, 2.05) is 6.07 Å². The number of halogens is 1. The molecule has 2 nitrogen and oxygen atoms in total. The molecule has 2 unspecified atom stereocenters. The average molecular weight is 309 g/mol. The van der Waals surface area contributed by atoms with E-state index in [2.05, 4.69) is 50.0 Å². The molecule has 1 fully saturated rings. The zero-order chi connectivity index (χ0) is 15.4. The zero-order valence-electron chi connectivity index (χ0n) is 13.8. The van der Waals surface area contributed by atoms with Crippen LogP contribution in [0.25, 0.3) is 0 Å². The van der Waals surface area contributed by atoms with Crippen LogP contribution in [-0.4, -0.2) is 19.6 Å². The van der Waals surface area contributed by atoms with Gasteiger partial charge in [-0.15, -0.1) is 0 Å². The van der Waals surface area contributed by atoms with E-state index in [0.717, 1.165) is 43.0 Å². The number of anilines is 1. The SMILES string of the molecule is CC(C)CNCc1cccc(Cl)c1N1CCC(C)C(C)C1. The minimum absolute atomic E-state index is 0.670. The highest BCUT2D eigenvalue weighted by molar-refractivity contribution is 6.33. The standard InChI is InChI=1S/C18H29ClN2/c1-13(2)10-20-11-16-6-5-7-17(19)18(16)21-9-8-14(3)15(4)12-21/h5-7,13-15,20H,8-12H2,1-4H3. The normalized spacial score (nSPS) is 22.9. The summed E-state index contributed by atoms with van der Waals surface area (Å²) in [5, 5.41) is 4.43. The van der Waals surface area contributed by atoms with E-state index in [4.69, 9.17) is 11.6 Å². The fourth-order valence-electron chi connectivity index (χ4n) is 3.02. The molecule has 118 valence electrons. The second-order valence-electron chi connectivity index (χ2n) is 6.96. The third-order valence-corrected chi connectivity index (χ3v) is 4.89. The highest BCUT2D eigenvalue weighted by Gasteiger charge is 2.25. The van der Waals surface area contributed by atoms with Gasteiger partial charge in [-0.25, -0.2) is 0 Å². The van der Waals surface area contributed by atoms with Crippen LogP contribution < -0.4 is 10.2 Å². The zero-order valence-corrected chi connectivity index (χ0v) is 14.6. The van der Waals surface area contributed by atoms with Crippen LogP contribution in [-0.2, 0) is 6.54 Å². The van der Waals surface area contributed by atoms with Crippen LogP contribution in [0, 0.1) is 17.8 Å². The van der Waals surface area contributed by atoms with Gasteiger partial charge in [0.15, 0.2) is 0 Å². The number of hydrogen-bond acceptors (Lipinski definition) is 2. The van der Waals surface area contributed by atoms with E-state index in [1.54, 1.807) is 0 Å². The molecule has 1 heterocycles. The Morgan fingerprint density at radius 1 is 1.29 bits per heavy atom. The highest BCUT2D eigenvalue weighted by atomic mass is 35.5. The summed E-state index contributed by atoms with van der Waals surface area (Å²) >= 11 is 6.52. The van der Waals surface area contributed by atoms with Gasteiger partial charge in [-0.1, -0.05) is 51.4 Å². The summed E-state index contributed by atoms with van der Waals surface area (Å²) in [5.74, 6) is 2.21. The molecule has 1 aliphatic heterocycles. The maximum atomic E-state index is 6.52. The molecule has 1 aliphatic rings. The van der Waals surface area contributed by atoms with Gasteiger partial charge in [0, 0.05) is 19.6 Å². The summed E-state index contributed by atoms with van der Waals surface area (Å²) in [4.78, 5) is 2.49. The van der Waals surface area contributed by atoms with E-state index < -0.39 is 0 Å². The van der Waals surface area contributed by atoms with Crippen LogP contribution in [0.2, 0.25) is 5.02 Å². The van der Waals surface area contributed by atoms with Gasteiger partial charge >= 0.3 is 0 Å². The Kier molecular flexibility index (Phi) is 5.95. The Morgan fingerprint density at radius 3 is 2.71 bits per heavy atom. The van der Waals surface area contributed by atoms with Crippen molar-refractivity contribution < 1.29 is 0 Å². The smallest absolute Gasteiger partial charge is 0.0642 e. The number of piperidine rings is 1. The summed E-state index contributed by atoms with van der Waals surface area (Å²) < 4.78 is 0. The molecular weight excluding hydrogens is 280 g/mol. The van der Waals surface area contributed by atoms with Gasteiger partial charge in [-0.3, -0.25) is 0 Å². The molecule has 2 atom stereocenters. The highest BCUT2D eigenvalue weighted by Crippen LogP contribution is 2.34. The van der Waals surface area contributed by atoms with Crippen LogP contribution in [0.4, 0.5) is 5.69 Å². The van der Waals surface area contributed by atoms with Crippen molar-refractivity contribution in [1.29, 1.82) is 0 Å². The number of rotatable bonds is 5. The Labute approximate surface area is 134 Å². The van der Waals surface area contributed by atoms with Crippen molar-refractivity contribution in [3.05, 3.63) is 28.8 Å². The van der Waals surface area contributed by atoms with Crippen LogP contribution >= 0.6 is 11.6 Å². The maximum Gasteiger partial charge on any atom is 0.0642 e. The van der Waals surface area contributed by atoms with Crippen molar-refractivity contribution in [3.8, 4) is 0 Å². The van der Waals surface area contributed by atoms with E-state index in [1.165, 1.54) is 17.7 Å². The molecule has 0 aliphatic carbocycles. The monoisotopic (exact) mass is 308 g/mol. The Balaban J connectivity index is 2.13. The predicted octanol–water partition coefficient (Wildman–Crippen LogP) is 4.57. The lowest BCUT2D eigenvalue weighted by Gasteiger charge is -2.38. The van der Waals surface area contributed by atoms with Crippen LogP contribution in [0.5, 0.6) is 0 Å². The summed E-state index contributed by atoms with van der Waals surface area (Å²) in [7, 11) is 0. The fraction of sp³-hybridized carbons (Fsp3) is 0.667. The van der Waals surface area contributed by atoms with Crippen molar-refractivity contribution in [3.63, 3.8) is 0 Å². The summed E-state index contributed by atoms with van der Waals surface area (Å²) in [6.45, 7) is 13.4.